The van der Waals surface area contributed by atoms with Gasteiger partial charge in [-0.05, 0) is 43.7 Å². The first-order valence-electron chi connectivity index (χ1n) is 8.78. The van der Waals surface area contributed by atoms with Crippen molar-refractivity contribution in [3.05, 3.63) is 51.5 Å². The minimum atomic E-state index is -0.394. The Kier molecular flexibility index (Phi) is 5.33. The number of piperidine rings is 1. The summed E-state index contributed by atoms with van der Waals surface area (Å²) in [6, 6.07) is 7.87. The number of carbonyl (C=O) groups excluding carboxylic acids is 2. The SMILES string of the molecule is CC(=O)C(c1ncc(C(=O)N2CCC(C)CC2)s1)c1ccccc1C. The minimum Gasteiger partial charge on any atom is -0.338 e. The summed E-state index contributed by atoms with van der Waals surface area (Å²) in [6.45, 7) is 7.43. The summed E-state index contributed by atoms with van der Waals surface area (Å²) in [7, 11) is 0. The number of carbonyl (C=O) groups is 2. The lowest BCUT2D eigenvalue weighted by Crippen LogP contribution is -2.37. The Bertz CT molecular complexity index is 776. The van der Waals surface area contributed by atoms with Gasteiger partial charge < -0.3 is 4.90 Å². The number of amides is 1. The molecule has 1 fully saturated rings. The van der Waals surface area contributed by atoms with E-state index < -0.39 is 5.92 Å². The minimum absolute atomic E-state index is 0.0442. The monoisotopic (exact) mass is 356 g/mol. The second-order valence-electron chi connectivity index (χ2n) is 6.94. The first-order chi connectivity index (χ1) is 12.0. The van der Waals surface area contributed by atoms with Crippen molar-refractivity contribution in [1.82, 2.24) is 9.88 Å². The van der Waals surface area contributed by atoms with E-state index in [4.69, 9.17) is 0 Å². The van der Waals surface area contributed by atoms with Crippen LogP contribution in [0.25, 0.3) is 0 Å². The Morgan fingerprint density at radius 2 is 1.92 bits per heavy atom. The lowest BCUT2D eigenvalue weighted by Gasteiger charge is -2.29. The molecule has 3 rings (SSSR count). The largest absolute Gasteiger partial charge is 0.338 e. The Labute approximate surface area is 152 Å². The fraction of sp³-hybridized carbons (Fsp3) is 0.450. The fourth-order valence-corrected chi connectivity index (χ4v) is 4.39. The first-order valence-corrected chi connectivity index (χ1v) is 9.60. The standard InChI is InChI=1S/C20H24N2O2S/c1-13-8-10-22(11-9-13)20(24)17-12-21-19(25-17)18(15(3)23)16-7-5-4-6-14(16)2/h4-7,12-13,18H,8-11H2,1-3H3. The van der Waals surface area contributed by atoms with Gasteiger partial charge in [0.05, 0.1) is 12.1 Å². The van der Waals surface area contributed by atoms with Gasteiger partial charge in [-0.1, -0.05) is 31.2 Å². The van der Waals surface area contributed by atoms with E-state index in [1.54, 1.807) is 13.1 Å². The topological polar surface area (TPSA) is 50.3 Å². The summed E-state index contributed by atoms with van der Waals surface area (Å²) in [5.74, 6) is 0.385. The zero-order valence-corrected chi connectivity index (χ0v) is 15.8. The summed E-state index contributed by atoms with van der Waals surface area (Å²) < 4.78 is 0. The zero-order valence-electron chi connectivity index (χ0n) is 15.0. The van der Waals surface area contributed by atoms with Gasteiger partial charge in [0.25, 0.3) is 5.91 Å². The van der Waals surface area contributed by atoms with Gasteiger partial charge in [-0.2, -0.15) is 0 Å². The number of aromatic nitrogens is 1. The molecule has 0 radical (unpaired) electrons. The van der Waals surface area contributed by atoms with Crippen molar-refractivity contribution < 1.29 is 9.59 Å². The van der Waals surface area contributed by atoms with E-state index in [2.05, 4.69) is 11.9 Å². The van der Waals surface area contributed by atoms with Gasteiger partial charge in [0.2, 0.25) is 0 Å². The van der Waals surface area contributed by atoms with Crippen LogP contribution in [0, 0.1) is 12.8 Å². The van der Waals surface area contributed by atoms with Crippen LogP contribution < -0.4 is 0 Å². The van der Waals surface area contributed by atoms with Crippen LogP contribution >= 0.6 is 11.3 Å². The van der Waals surface area contributed by atoms with Gasteiger partial charge in [-0.15, -0.1) is 11.3 Å². The number of rotatable bonds is 4. The summed E-state index contributed by atoms with van der Waals surface area (Å²) in [6.07, 6.45) is 3.74. The highest BCUT2D eigenvalue weighted by Crippen LogP contribution is 2.32. The van der Waals surface area contributed by atoms with E-state index >= 15 is 0 Å². The number of hydrogen-bond donors (Lipinski definition) is 0. The highest BCUT2D eigenvalue weighted by atomic mass is 32.1. The smallest absolute Gasteiger partial charge is 0.265 e. The number of aryl methyl sites for hydroxylation is 1. The van der Waals surface area contributed by atoms with E-state index in [1.165, 1.54) is 11.3 Å². The molecule has 5 heteroatoms. The summed E-state index contributed by atoms with van der Waals surface area (Å²) in [5, 5.41) is 0.704. The molecule has 2 aromatic rings. The van der Waals surface area contributed by atoms with Gasteiger partial charge in [0.15, 0.2) is 0 Å². The van der Waals surface area contributed by atoms with E-state index in [0.29, 0.717) is 15.8 Å². The molecule has 2 heterocycles. The second kappa shape index (κ2) is 7.48. The van der Waals surface area contributed by atoms with Crippen molar-refractivity contribution in [1.29, 1.82) is 0 Å². The maximum Gasteiger partial charge on any atom is 0.265 e. The third-order valence-electron chi connectivity index (χ3n) is 4.96. The molecule has 0 saturated carbocycles. The number of likely N-dealkylation sites (tertiary alicyclic amines) is 1. The Hall–Kier alpha value is -2.01. The molecule has 1 saturated heterocycles. The number of nitrogens with zero attached hydrogens (tertiary/aromatic N) is 2. The van der Waals surface area contributed by atoms with E-state index in [9.17, 15) is 9.59 Å². The second-order valence-corrected chi connectivity index (χ2v) is 8.00. The predicted octanol–water partition coefficient (Wildman–Crippen LogP) is 4.04. The summed E-state index contributed by atoms with van der Waals surface area (Å²) in [5.41, 5.74) is 2.03. The molecule has 1 amide bonds. The van der Waals surface area contributed by atoms with Gasteiger partial charge in [0.1, 0.15) is 15.7 Å². The van der Waals surface area contributed by atoms with Crippen LogP contribution in [0.1, 0.15) is 58.4 Å². The predicted molar refractivity (Wildman–Crippen MR) is 100 cm³/mol. The van der Waals surface area contributed by atoms with Gasteiger partial charge in [-0.25, -0.2) is 4.98 Å². The Morgan fingerprint density at radius 3 is 2.56 bits per heavy atom. The lowest BCUT2D eigenvalue weighted by atomic mass is 9.92. The molecule has 0 aliphatic carbocycles. The van der Waals surface area contributed by atoms with Crippen LogP contribution in [-0.2, 0) is 4.79 Å². The molecule has 1 aromatic heterocycles. The van der Waals surface area contributed by atoms with Crippen molar-refractivity contribution in [3.63, 3.8) is 0 Å². The summed E-state index contributed by atoms with van der Waals surface area (Å²) in [4.78, 5) is 32.0. The van der Waals surface area contributed by atoms with Crippen LogP contribution in [0.2, 0.25) is 0 Å². The van der Waals surface area contributed by atoms with E-state index in [1.807, 2.05) is 36.1 Å². The van der Waals surface area contributed by atoms with Crippen LogP contribution in [0.3, 0.4) is 0 Å². The average molecular weight is 356 g/mol. The quantitative estimate of drug-likeness (QED) is 0.830. The fourth-order valence-electron chi connectivity index (χ4n) is 3.32. The Balaban J connectivity index is 1.85. The molecule has 1 aliphatic heterocycles. The molecule has 1 atom stereocenters. The van der Waals surface area contributed by atoms with Crippen LogP contribution in [0.5, 0.6) is 0 Å². The Morgan fingerprint density at radius 1 is 1.24 bits per heavy atom. The van der Waals surface area contributed by atoms with Gasteiger partial charge in [0, 0.05) is 13.1 Å². The average Bonchev–Trinajstić information content (AvgIpc) is 3.06. The number of benzene rings is 1. The van der Waals surface area contributed by atoms with Crippen molar-refractivity contribution in [2.45, 2.75) is 39.5 Å². The van der Waals surface area contributed by atoms with Crippen molar-refractivity contribution in [2.24, 2.45) is 5.92 Å². The molecule has 1 aromatic carbocycles. The summed E-state index contributed by atoms with van der Waals surface area (Å²) >= 11 is 1.35. The normalized spacial score (nSPS) is 16.7. The molecule has 4 nitrogen and oxygen atoms in total. The molecule has 0 spiro atoms. The van der Waals surface area contributed by atoms with Crippen molar-refractivity contribution in [2.75, 3.05) is 13.1 Å². The van der Waals surface area contributed by atoms with Gasteiger partial charge in [-0.3, -0.25) is 9.59 Å². The molecule has 132 valence electrons. The van der Waals surface area contributed by atoms with Crippen LogP contribution in [0.4, 0.5) is 0 Å². The third-order valence-corrected chi connectivity index (χ3v) is 6.01. The lowest BCUT2D eigenvalue weighted by molar-refractivity contribution is -0.117. The maximum absolute atomic E-state index is 12.7. The molecule has 1 aliphatic rings. The van der Waals surface area contributed by atoms with Crippen LogP contribution in [0.15, 0.2) is 30.5 Å². The maximum atomic E-state index is 12.7. The number of Topliss-reactive ketones (excluding diaryl/α,β-unsaturated/α-hetero) is 1. The number of ketones is 1. The number of thiazole rings is 1. The van der Waals surface area contributed by atoms with Crippen molar-refractivity contribution in [3.8, 4) is 0 Å². The van der Waals surface area contributed by atoms with E-state index in [-0.39, 0.29) is 11.7 Å². The molecular formula is C20H24N2O2S. The highest BCUT2D eigenvalue weighted by Gasteiger charge is 2.27. The first kappa shape index (κ1) is 17.8. The van der Waals surface area contributed by atoms with E-state index in [0.717, 1.165) is 37.1 Å². The molecule has 1 unspecified atom stereocenters. The number of hydrogen-bond acceptors (Lipinski definition) is 4. The zero-order chi connectivity index (χ0) is 18.0. The van der Waals surface area contributed by atoms with Gasteiger partial charge >= 0.3 is 0 Å². The molecule has 0 N–H and O–H groups in total. The van der Waals surface area contributed by atoms with Crippen LogP contribution in [-0.4, -0.2) is 34.7 Å². The molecular weight excluding hydrogens is 332 g/mol. The highest BCUT2D eigenvalue weighted by molar-refractivity contribution is 7.13. The van der Waals surface area contributed by atoms with Crippen molar-refractivity contribution >= 4 is 23.0 Å². The molecule has 25 heavy (non-hydrogen) atoms. The third kappa shape index (κ3) is 3.82. The molecule has 0 bridgehead atoms.